The smallest absolute Gasteiger partial charge is 0.277 e. The molecule has 47 heavy (non-hydrogen) atoms. The minimum Gasteiger partial charge on any atom is -0.448 e. The highest BCUT2D eigenvalue weighted by molar-refractivity contribution is 6.06. The van der Waals surface area contributed by atoms with Crippen LogP contribution in [0.15, 0.2) is 59.7 Å². The van der Waals surface area contributed by atoms with E-state index in [2.05, 4.69) is 58.4 Å². The van der Waals surface area contributed by atoms with Crippen molar-refractivity contribution in [2.24, 2.45) is 5.92 Å². The summed E-state index contributed by atoms with van der Waals surface area (Å²) in [6, 6.07) is 13.6. The first-order valence-electron chi connectivity index (χ1n) is 16.9. The van der Waals surface area contributed by atoms with E-state index in [0.717, 1.165) is 61.9 Å². The van der Waals surface area contributed by atoms with Crippen molar-refractivity contribution in [3.05, 3.63) is 83.6 Å². The molecular weight excluding hydrogens is 594 g/mol. The van der Waals surface area contributed by atoms with Crippen LogP contribution in [0, 0.1) is 12.8 Å². The molecular formula is C37H47N5O5. The number of carbonyl (C=O) groups is 3. The number of oxazole rings is 1. The minimum absolute atomic E-state index is 0.00386. The summed E-state index contributed by atoms with van der Waals surface area (Å²) in [5, 5.41) is 8.94. The zero-order valence-electron chi connectivity index (χ0n) is 27.6. The van der Waals surface area contributed by atoms with Crippen molar-refractivity contribution in [3.63, 3.8) is 0 Å². The van der Waals surface area contributed by atoms with E-state index in [1.54, 1.807) is 12.1 Å². The number of aryl methyl sites for hydroxylation is 1. The minimum atomic E-state index is -0.388. The molecule has 3 aromatic rings. The number of carbonyl (C=O) groups excluding carboxylic acids is 3. The molecule has 5 rings (SSSR count). The molecule has 1 saturated heterocycles. The van der Waals surface area contributed by atoms with Crippen LogP contribution in [0.3, 0.4) is 0 Å². The molecule has 2 heterocycles. The number of nitrogens with zero attached hydrogens (tertiary/aromatic N) is 2. The molecule has 1 saturated carbocycles. The van der Waals surface area contributed by atoms with E-state index in [4.69, 9.17) is 9.15 Å². The topological polar surface area (TPSA) is 126 Å². The van der Waals surface area contributed by atoms with Gasteiger partial charge in [-0.05, 0) is 86.8 Å². The predicted octanol–water partition coefficient (Wildman–Crippen LogP) is 6.10. The lowest BCUT2D eigenvalue weighted by molar-refractivity contribution is -0.127. The molecule has 0 unspecified atom stereocenters. The number of rotatable bonds is 16. The van der Waals surface area contributed by atoms with Gasteiger partial charge in [0.15, 0.2) is 11.6 Å². The van der Waals surface area contributed by atoms with Gasteiger partial charge in [-0.3, -0.25) is 14.4 Å². The summed E-state index contributed by atoms with van der Waals surface area (Å²) >= 11 is 0. The van der Waals surface area contributed by atoms with Crippen LogP contribution in [0.2, 0.25) is 0 Å². The Morgan fingerprint density at radius 3 is 2.49 bits per heavy atom. The number of ether oxygens (including phenoxy) is 1. The zero-order chi connectivity index (χ0) is 33.2. The summed E-state index contributed by atoms with van der Waals surface area (Å²) < 4.78 is 10.9. The highest BCUT2D eigenvalue weighted by Crippen LogP contribution is 2.39. The number of anilines is 2. The van der Waals surface area contributed by atoms with Crippen molar-refractivity contribution in [3.8, 4) is 0 Å². The molecule has 2 aromatic carbocycles. The molecule has 2 aliphatic rings. The standard InChI is InChI=1S/C37H47N5O5/c1-4-19-42(20-14-26(3)30-9-6-5-8-25(30)2)33-13-12-29(23-31(33)40-36(45)32-24-47-37(41-32)28-10-11-28)35(44)39-18-7-17-38-34(43)27-15-21-46-22-16-27/h5-6,8-9,12-13,23-24,27-28H,3-4,7,10-11,14-22H2,1-2H3,(H,38,43)(H,39,44)(H,40,45). The van der Waals surface area contributed by atoms with E-state index in [9.17, 15) is 14.4 Å². The Morgan fingerprint density at radius 2 is 1.74 bits per heavy atom. The van der Waals surface area contributed by atoms with Crippen molar-refractivity contribution in [2.75, 3.05) is 49.6 Å². The molecule has 1 aromatic heterocycles. The number of nitrogens with one attached hydrogen (secondary N) is 3. The average molecular weight is 642 g/mol. The molecule has 250 valence electrons. The molecule has 0 radical (unpaired) electrons. The van der Waals surface area contributed by atoms with Crippen LogP contribution in [0.25, 0.3) is 5.57 Å². The van der Waals surface area contributed by atoms with E-state index in [1.807, 2.05) is 18.2 Å². The maximum Gasteiger partial charge on any atom is 0.277 e. The van der Waals surface area contributed by atoms with Crippen LogP contribution >= 0.6 is 0 Å². The fourth-order valence-corrected chi connectivity index (χ4v) is 5.85. The fraction of sp³-hybridized carbons (Fsp3) is 0.459. The Morgan fingerprint density at radius 1 is 0.979 bits per heavy atom. The quantitative estimate of drug-likeness (QED) is 0.162. The third-order valence-corrected chi connectivity index (χ3v) is 8.76. The van der Waals surface area contributed by atoms with Gasteiger partial charge in [0.2, 0.25) is 5.91 Å². The van der Waals surface area contributed by atoms with Crippen molar-refractivity contribution < 1.29 is 23.5 Å². The van der Waals surface area contributed by atoms with Gasteiger partial charge in [0.25, 0.3) is 11.8 Å². The van der Waals surface area contributed by atoms with E-state index in [0.29, 0.717) is 56.4 Å². The third-order valence-electron chi connectivity index (χ3n) is 8.76. The lowest BCUT2D eigenvalue weighted by atomic mass is 9.99. The molecule has 0 spiro atoms. The molecule has 3 amide bonds. The second kappa shape index (κ2) is 16.4. The van der Waals surface area contributed by atoms with Crippen LogP contribution in [-0.4, -0.2) is 62.1 Å². The molecule has 0 atom stereocenters. The van der Waals surface area contributed by atoms with E-state index >= 15 is 0 Å². The van der Waals surface area contributed by atoms with Crippen molar-refractivity contribution in [2.45, 2.75) is 64.7 Å². The Labute approximate surface area is 277 Å². The normalized spacial score (nSPS) is 14.8. The first kappa shape index (κ1) is 33.9. The molecule has 2 fully saturated rings. The summed E-state index contributed by atoms with van der Waals surface area (Å²) in [4.78, 5) is 45.6. The SMILES string of the molecule is C=C(CCN(CCC)c1ccc(C(=O)NCCCNC(=O)C2CCOCC2)cc1NC(=O)c1coc(C2CC2)n1)c1ccccc1C. The summed E-state index contributed by atoms with van der Waals surface area (Å²) in [5.41, 5.74) is 5.35. The maximum atomic E-state index is 13.4. The number of hydrogen-bond acceptors (Lipinski definition) is 7. The number of benzene rings is 2. The van der Waals surface area contributed by atoms with Crippen LogP contribution < -0.4 is 20.9 Å². The molecule has 1 aliphatic carbocycles. The average Bonchev–Trinajstić information content (AvgIpc) is 3.82. The highest BCUT2D eigenvalue weighted by Gasteiger charge is 2.30. The van der Waals surface area contributed by atoms with Gasteiger partial charge in [-0.25, -0.2) is 4.98 Å². The third kappa shape index (κ3) is 9.32. The van der Waals surface area contributed by atoms with Gasteiger partial charge in [0.1, 0.15) is 6.26 Å². The summed E-state index contributed by atoms with van der Waals surface area (Å²) in [5.74, 6) is 0.281. The molecule has 0 bridgehead atoms. The van der Waals surface area contributed by atoms with Gasteiger partial charge < -0.3 is 30.0 Å². The fourth-order valence-electron chi connectivity index (χ4n) is 5.85. The lowest BCUT2D eigenvalue weighted by Gasteiger charge is -2.28. The van der Waals surface area contributed by atoms with E-state index in [-0.39, 0.29) is 35.3 Å². The molecule has 10 nitrogen and oxygen atoms in total. The molecule has 10 heteroatoms. The van der Waals surface area contributed by atoms with Gasteiger partial charge in [0.05, 0.1) is 11.4 Å². The molecule has 1 aliphatic heterocycles. The first-order chi connectivity index (χ1) is 22.8. The van der Waals surface area contributed by atoms with Crippen LogP contribution in [0.4, 0.5) is 11.4 Å². The Bertz CT molecular complexity index is 1560. The van der Waals surface area contributed by atoms with Gasteiger partial charge in [-0.1, -0.05) is 37.8 Å². The Balaban J connectivity index is 1.26. The molecule has 3 N–H and O–H groups in total. The second-order valence-electron chi connectivity index (χ2n) is 12.5. The maximum absolute atomic E-state index is 13.4. The van der Waals surface area contributed by atoms with Crippen LogP contribution in [0.1, 0.15) is 95.7 Å². The monoisotopic (exact) mass is 641 g/mol. The Hall–Kier alpha value is -4.44. The number of aromatic nitrogens is 1. The van der Waals surface area contributed by atoms with Gasteiger partial charge in [0, 0.05) is 56.8 Å². The highest BCUT2D eigenvalue weighted by atomic mass is 16.5. The summed E-state index contributed by atoms with van der Waals surface area (Å²) in [6.45, 7) is 12.1. The number of hydrogen-bond donors (Lipinski definition) is 3. The van der Waals surface area contributed by atoms with Crippen molar-refractivity contribution in [1.82, 2.24) is 15.6 Å². The van der Waals surface area contributed by atoms with Crippen molar-refractivity contribution >= 4 is 34.7 Å². The Kier molecular flexibility index (Phi) is 11.8. The summed E-state index contributed by atoms with van der Waals surface area (Å²) in [7, 11) is 0. The van der Waals surface area contributed by atoms with E-state index in [1.165, 1.54) is 11.8 Å². The lowest BCUT2D eigenvalue weighted by Crippen LogP contribution is -2.36. The summed E-state index contributed by atoms with van der Waals surface area (Å²) in [6.07, 6.45) is 7.16. The zero-order valence-corrected chi connectivity index (χ0v) is 27.6. The first-order valence-corrected chi connectivity index (χ1v) is 16.9. The van der Waals surface area contributed by atoms with Gasteiger partial charge in [-0.2, -0.15) is 0 Å². The largest absolute Gasteiger partial charge is 0.448 e. The number of amides is 3. The van der Waals surface area contributed by atoms with Gasteiger partial charge >= 0.3 is 0 Å². The predicted molar refractivity (Wildman–Crippen MR) is 184 cm³/mol. The van der Waals surface area contributed by atoms with Gasteiger partial charge in [-0.15, -0.1) is 0 Å². The van der Waals surface area contributed by atoms with Crippen molar-refractivity contribution in [1.29, 1.82) is 0 Å². The van der Waals surface area contributed by atoms with Crippen LogP contribution in [0.5, 0.6) is 0 Å². The van der Waals surface area contributed by atoms with Crippen LogP contribution in [-0.2, 0) is 9.53 Å². The van der Waals surface area contributed by atoms with E-state index < -0.39 is 0 Å². The second-order valence-corrected chi connectivity index (χ2v) is 12.5.